The molecular weight excluding hydrogens is 648 g/mol. The molecule has 5 aromatic rings. The van der Waals surface area contributed by atoms with Crippen molar-refractivity contribution in [1.29, 1.82) is 0 Å². The number of hydrogen-bond acceptors (Lipinski definition) is 0. The molecule has 0 bridgehead atoms. The summed E-state index contributed by atoms with van der Waals surface area (Å²) in [5, 5.41) is 1.61. The van der Waals surface area contributed by atoms with Gasteiger partial charge in [-0.15, -0.1) is 0 Å². The van der Waals surface area contributed by atoms with Crippen LogP contribution in [0.25, 0.3) is 28.3 Å². The fraction of sp³-hybridized carbons (Fsp3) is 0.273. The Bertz CT molecular complexity index is 1950. The van der Waals surface area contributed by atoms with E-state index in [1.807, 2.05) is 0 Å². The zero-order chi connectivity index (χ0) is 32.4. The Labute approximate surface area is 284 Å². The van der Waals surface area contributed by atoms with E-state index in [-0.39, 0.29) is 10.8 Å². The van der Waals surface area contributed by atoms with Crippen LogP contribution in [0.2, 0.25) is 6.55 Å². The Morgan fingerprint density at radius 2 is 1.09 bits per heavy atom. The van der Waals surface area contributed by atoms with E-state index in [4.69, 9.17) is 0 Å². The summed E-state index contributed by atoms with van der Waals surface area (Å²) >= 11 is -2.53. The molecule has 0 fully saturated rings. The minimum absolute atomic E-state index is 0.105. The van der Waals surface area contributed by atoms with Crippen LogP contribution in [-0.2, 0) is 31.2 Å². The average Bonchev–Trinajstić information content (AvgIpc) is 3.55. The molecule has 0 radical (unpaired) electrons. The van der Waals surface area contributed by atoms with Crippen molar-refractivity contribution in [2.75, 3.05) is 0 Å². The summed E-state index contributed by atoms with van der Waals surface area (Å²) in [6.07, 6.45) is 2.57. The summed E-state index contributed by atoms with van der Waals surface area (Å²) < 4.78 is 1.05. The van der Waals surface area contributed by atoms with Gasteiger partial charge in [0.05, 0.1) is 0 Å². The van der Waals surface area contributed by atoms with Crippen molar-refractivity contribution in [3.05, 3.63) is 154 Å². The zero-order valence-corrected chi connectivity index (χ0v) is 32.2. The van der Waals surface area contributed by atoms with Gasteiger partial charge in [0.1, 0.15) is 0 Å². The number of benzene rings is 5. The van der Waals surface area contributed by atoms with Crippen molar-refractivity contribution < 1.29 is 20.4 Å². The second-order valence-electron chi connectivity index (χ2n) is 15.5. The number of hydrogen-bond donors (Lipinski definition) is 0. The van der Waals surface area contributed by atoms with Gasteiger partial charge >= 0.3 is 287 Å². The number of rotatable bonds is 4. The molecule has 1 atom stereocenters. The van der Waals surface area contributed by atoms with Gasteiger partial charge in [-0.3, -0.25) is 0 Å². The molecule has 0 spiro atoms. The minimum atomic E-state index is -2.53. The van der Waals surface area contributed by atoms with Crippen LogP contribution in [0.4, 0.5) is 0 Å². The van der Waals surface area contributed by atoms with Gasteiger partial charge in [-0.05, 0) is 0 Å². The van der Waals surface area contributed by atoms with Crippen LogP contribution in [0, 0.1) is 0 Å². The third kappa shape index (κ3) is 5.50. The Kier molecular flexibility index (Phi) is 8.14. The molecule has 5 aromatic carbocycles. The Morgan fingerprint density at radius 1 is 0.543 bits per heavy atom. The quantitative estimate of drug-likeness (QED) is 0.164. The van der Waals surface area contributed by atoms with Gasteiger partial charge in [-0.1, -0.05) is 0 Å². The first-order chi connectivity index (χ1) is 21.9. The standard InChI is InChI=1S/C21H25.C16H13.C7H8Si.Zr/c1-20(2,3)16-7-9-18-14(12-16)11-15-13-17(21(4,5)6)8-10-19(15)18;1-12-10-14-8-5-9-15(16(14)11-12)13-6-3-2-4-7-13;1-8-7-5-3-2-4-6-7;/h7-13H,1-6H3;2-11H,1H3;2-6H,1H3;. The average molecular weight is 694 g/mol. The van der Waals surface area contributed by atoms with Crippen LogP contribution in [0.5, 0.6) is 0 Å². The molecule has 0 aromatic heterocycles. The number of allylic oxidation sites excluding steroid dienone is 1. The van der Waals surface area contributed by atoms with E-state index in [0.717, 1.165) is 0 Å². The zero-order valence-electron chi connectivity index (χ0n) is 28.7. The molecule has 0 heterocycles. The second kappa shape index (κ2) is 11.9. The first-order valence-electron chi connectivity index (χ1n) is 16.9. The van der Waals surface area contributed by atoms with Crippen LogP contribution in [0.15, 0.2) is 121 Å². The van der Waals surface area contributed by atoms with Crippen molar-refractivity contribution in [3.63, 3.8) is 0 Å². The van der Waals surface area contributed by atoms with Crippen molar-refractivity contribution in [2.24, 2.45) is 0 Å². The molecule has 0 saturated heterocycles. The molecule has 46 heavy (non-hydrogen) atoms. The van der Waals surface area contributed by atoms with Crippen molar-refractivity contribution in [2.45, 2.75) is 73.1 Å². The van der Waals surface area contributed by atoms with Gasteiger partial charge in [0, 0.05) is 0 Å². The maximum atomic E-state index is 2.68. The van der Waals surface area contributed by atoms with Gasteiger partial charge in [0.25, 0.3) is 0 Å². The summed E-state index contributed by atoms with van der Waals surface area (Å²) in [6, 6.07) is 44.8. The molecular formula is C44H46SiZr. The van der Waals surface area contributed by atoms with Crippen LogP contribution in [0.1, 0.15) is 89.1 Å². The van der Waals surface area contributed by atoms with Crippen LogP contribution in [-0.4, -0.2) is 5.43 Å². The van der Waals surface area contributed by atoms with Gasteiger partial charge < -0.3 is 0 Å². The van der Waals surface area contributed by atoms with E-state index in [2.05, 4.69) is 176 Å². The van der Waals surface area contributed by atoms with E-state index >= 15 is 0 Å². The molecule has 2 heteroatoms. The second-order valence-corrected chi connectivity index (χ2v) is 31.3. The van der Waals surface area contributed by atoms with Gasteiger partial charge in [-0.2, -0.15) is 0 Å². The van der Waals surface area contributed by atoms with Crippen LogP contribution >= 0.6 is 0 Å². The molecule has 0 saturated carbocycles. The molecule has 7 rings (SSSR count). The fourth-order valence-corrected chi connectivity index (χ4v) is 30.4. The predicted octanol–water partition coefficient (Wildman–Crippen LogP) is 11.3. The normalized spacial score (nSPS) is 16.4. The molecule has 1 unspecified atom stereocenters. The summed E-state index contributed by atoms with van der Waals surface area (Å²) in [5.74, 6) is 0. The molecule has 2 aliphatic rings. The Hall–Kier alpha value is -3.06. The summed E-state index contributed by atoms with van der Waals surface area (Å²) in [7, 11) is 0. The first kappa shape index (κ1) is 31.5. The van der Waals surface area contributed by atoms with E-state index in [1.54, 1.807) is 27.5 Å². The molecule has 230 valence electrons. The SMILES string of the molecule is CC1=Cc2c(-c3ccccc3)cccc2[CH]1/[Zr]([CH]1c2cc(C(C)(C)C)ccc2-c2ccc(C(C)(C)C)cc21)=[Si](\C)c1ccccc1. The Morgan fingerprint density at radius 3 is 1.63 bits per heavy atom. The van der Waals surface area contributed by atoms with Gasteiger partial charge in [0.2, 0.25) is 0 Å². The summed E-state index contributed by atoms with van der Waals surface area (Å²) in [4.78, 5) is 0. The van der Waals surface area contributed by atoms with E-state index in [9.17, 15) is 0 Å². The number of fused-ring (bicyclic) bond motifs is 4. The fourth-order valence-electron chi connectivity index (χ4n) is 7.82. The monoisotopic (exact) mass is 692 g/mol. The topological polar surface area (TPSA) is 0 Å². The van der Waals surface area contributed by atoms with Gasteiger partial charge in [0.15, 0.2) is 0 Å². The molecule has 0 aliphatic heterocycles. The molecule has 0 amide bonds. The maximum absolute atomic E-state index is 2.68. The van der Waals surface area contributed by atoms with Crippen molar-refractivity contribution in [3.8, 4) is 22.3 Å². The van der Waals surface area contributed by atoms with E-state index < -0.39 is 25.8 Å². The summed E-state index contributed by atoms with van der Waals surface area (Å²) in [5.41, 5.74) is 15.8. The van der Waals surface area contributed by atoms with Crippen molar-refractivity contribution >= 4 is 16.7 Å². The Balaban J connectivity index is 1.54. The van der Waals surface area contributed by atoms with Crippen LogP contribution < -0.4 is 5.19 Å². The van der Waals surface area contributed by atoms with Crippen LogP contribution in [0.3, 0.4) is 0 Å². The third-order valence-electron chi connectivity index (χ3n) is 10.4. The molecule has 0 N–H and O–H groups in total. The van der Waals surface area contributed by atoms with Crippen molar-refractivity contribution in [1.82, 2.24) is 0 Å². The molecule has 0 nitrogen and oxygen atoms in total. The summed E-state index contributed by atoms with van der Waals surface area (Å²) in [6.45, 7) is 19.3. The first-order valence-corrected chi connectivity index (χ1v) is 25.4. The predicted molar refractivity (Wildman–Crippen MR) is 197 cm³/mol. The van der Waals surface area contributed by atoms with Gasteiger partial charge in [-0.25, -0.2) is 0 Å². The molecule has 2 aliphatic carbocycles. The van der Waals surface area contributed by atoms with E-state index in [1.165, 1.54) is 38.9 Å². The van der Waals surface area contributed by atoms with E-state index in [0.29, 0.717) is 7.25 Å². The third-order valence-corrected chi connectivity index (χ3v) is 30.8.